The van der Waals surface area contributed by atoms with Crippen LogP contribution in [0.2, 0.25) is 0 Å². The predicted molar refractivity (Wildman–Crippen MR) is 116 cm³/mol. The zero-order valence-corrected chi connectivity index (χ0v) is 17.6. The highest BCUT2D eigenvalue weighted by molar-refractivity contribution is 5.54. The van der Waals surface area contributed by atoms with E-state index in [2.05, 4.69) is 50.1 Å². The topological polar surface area (TPSA) is 55.6 Å². The number of carbonyl (C=O) groups excluding carboxylic acids is 1. The molecule has 2 rings (SSSR count). The van der Waals surface area contributed by atoms with Crippen LogP contribution in [-0.2, 0) is 11.3 Å². The van der Waals surface area contributed by atoms with Gasteiger partial charge in [-0.25, -0.2) is 0 Å². The molecule has 0 aliphatic rings. The van der Waals surface area contributed by atoms with Crippen molar-refractivity contribution in [2.75, 3.05) is 20.7 Å². The highest BCUT2D eigenvalue weighted by Gasteiger charge is 2.29. The fourth-order valence-electron chi connectivity index (χ4n) is 3.66. The number of aldehydes is 1. The van der Waals surface area contributed by atoms with Crippen LogP contribution in [0.1, 0.15) is 43.7 Å². The number of rotatable bonds is 11. The molecule has 2 N–H and O–H groups in total. The van der Waals surface area contributed by atoms with Crippen LogP contribution >= 0.6 is 0 Å². The van der Waals surface area contributed by atoms with E-state index in [0.717, 1.165) is 31.4 Å². The molecule has 0 bridgehead atoms. The Balaban J connectivity index is 2.01. The summed E-state index contributed by atoms with van der Waals surface area (Å²) in [7, 11) is 3.79. The number of hydrogen-bond acceptors (Lipinski definition) is 4. The molecule has 152 valence electrons. The lowest BCUT2D eigenvalue weighted by Gasteiger charge is -2.38. The van der Waals surface area contributed by atoms with E-state index >= 15 is 0 Å². The second-order valence-electron chi connectivity index (χ2n) is 8.20. The van der Waals surface area contributed by atoms with Gasteiger partial charge in [0.1, 0.15) is 12.0 Å². The summed E-state index contributed by atoms with van der Waals surface area (Å²) in [5.41, 5.74) is 8.35. The molecule has 28 heavy (non-hydrogen) atoms. The first kappa shape index (κ1) is 22.1. The molecule has 0 aromatic heterocycles. The van der Waals surface area contributed by atoms with Crippen molar-refractivity contribution >= 4 is 6.29 Å². The largest absolute Gasteiger partial charge is 0.497 e. The van der Waals surface area contributed by atoms with Crippen LogP contribution in [0.4, 0.5) is 0 Å². The molecule has 2 unspecified atom stereocenters. The van der Waals surface area contributed by atoms with Gasteiger partial charge >= 0.3 is 0 Å². The summed E-state index contributed by atoms with van der Waals surface area (Å²) in [6, 6.07) is 18.4. The smallest absolute Gasteiger partial charge is 0.123 e. The molecule has 0 fully saturated rings. The van der Waals surface area contributed by atoms with Crippen molar-refractivity contribution in [3.8, 4) is 5.75 Å². The Hall–Kier alpha value is -2.17. The molecule has 0 spiro atoms. The second-order valence-corrected chi connectivity index (χ2v) is 8.20. The Labute approximate surface area is 169 Å². The van der Waals surface area contributed by atoms with Gasteiger partial charge in [-0.1, -0.05) is 42.5 Å². The summed E-state index contributed by atoms with van der Waals surface area (Å²) in [5.74, 6) is 1.04. The van der Waals surface area contributed by atoms with Crippen molar-refractivity contribution < 1.29 is 9.53 Å². The lowest BCUT2D eigenvalue weighted by molar-refractivity contribution is -0.112. The SMILES string of the molecule is COc1ccc(CN(C)C(C)(C)CC(C=O)CC(CN)c2ccccc2)cc1. The average molecular weight is 383 g/mol. The summed E-state index contributed by atoms with van der Waals surface area (Å²) < 4.78 is 5.23. The van der Waals surface area contributed by atoms with Gasteiger partial charge in [0.05, 0.1) is 7.11 Å². The molecule has 4 heteroatoms. The molecule has 0 radical (unpaired) electrons. The molecule has 2 aromatic rings. The molecule has 0 aliphatic carbocycles. The van der Waals surface area contributed by atoms with Crippen molar-refractivity contribution in [3.05, 3.63) is 65.7 Å². The monoisotopic (exact) mass is 382 g/mol. The summed E-state index contributed by atoms with van der Waals surface area (Å²) in [5, 5.41) is 0. The van der Waals surface area contributed by atoms with Crippen LogP contribution < -0.4 is 10.5 Å². The third-order valence-electron chi connectivity index (χ3n) is 5.71. The van der Waals surface area contributed by atoms with E-state index in [1.807, 2.05) is 30.3 Å². The Bertz CT molecular complexity index is 713. The minimum Gasteiger partial charge on any atom is -0.497 e. The van der Waals surface area contributed by atoms with Gasteiger partial charge in [0, 0.05) is 18.0 Å². The molecule has 0 aliphatic heterocycles. The van der Waals surface area contributed by atoms with Crippen molar-refractivity contribution in [2.24, 2.45) is 11.7 Å². The van der Waals surface area contributed by atoms with Crippen molar-refractivity contribution in [2.45, 2.75) is 44.7 Å². The maximum absolute atomic E-state index is 11.8. The minimum absolute atomic E-state index is 0.0259. The van der Waals surface area contributed by atoms with E-state index in [9.17, 15) is 4.79 Å². The molecule has 0 amide bonds. The van der Waals surface area contributed by atoms with Gasteiger partial charge < -0.3 is 15.3 Å². The van der Waals surface area contributed by atoms with E-state index in [1.54, 1.807) is 7.11 Å². The van der Waals surface area contributed by atoms with Crippen LogP contribution in [-0.4, -0.2) is 37.4 Å². The van der Waals surface area contributed by atoms with Gasteiger partial charge in [0.15, 0.2) is 0 Å². The third kappa shape index (κ3) is 6.18. The second kappa shape index (κ2) is 10.4. The van der Waals surface area contributed by atoms with Crippen LogP contribution in [0.5, 0.6) is 5.75 Å². The van der Waals surface area contributed by atoms with E-state index in [1.165, 1.54) is 11.1 Å². The number of nitrogens with zero attached hydrogens (tertiary/aromatic N) is 1. The first-order valence-electron chi connectivity index (χ1n) is 9.94. The maximum Gasteiger partial charge on any atom is 0.123 e. The zero-order valence-electron chi connectivity index (χ0n) is 17.6. The number of ether oxygens (including phenoxy) is 1. The Kier molecular flexibility index (Phi) is 8.21. The van der Waals surface area contributed by atoms with E-state index in [0.29, 0.717) is 6.54 Å². The Morgan fingerprint density at radius 3 is 2.29 bits per heavy atom. The summed E-state index contributed by atoms with van der Waals surface area (Å²) in [6.45, 7) is 5.78. The fraction of sp³-hybridized carbons (Fsp3) is 0.458. The van der Waals surface area contributed by atoms with Crippen molar-refractivity contribution in [3.63, 3.8) is 0 Å². The molecular formula is C24H34N2O2. The molecular weight excluding hydrogens is 348 g/mol. The normalized spacial score (nSPS) is 13.9. The van der Waals surface area contributed by atoms with Gasteiger partial charge in [0.25, 0.3) is 0 Å². The first-order valence-corrected chi connectivity index (χ1v) is 9.94. The lowest BCUT2D eigenvalue weighted by Crippen LogP contribution is -2.42. The first-order chi connectivity index (χ1) is 13.4. The summed E-state index contributed by atoms with van der Waals surface area (Å²) in [6.07, 6.45) is 2.69. The fourth-order valence-corrected chi connectivity index (χ4v) is 3.66. The highest BCUT2D eigenvalue weighted by Crippen LogP contribution is 2.30. The molecule has 2 atom stereocenters. The molecule has 4 nitrogen and oxygen atoms in total. The number of methoxy groups -OCH3 is 1. The highest BCUT2D eigenvalue weighted by atomic mass is 16.5. The molecule has 2 aromatic carbocycles. The van der Waals surface area contributed by atoms with E-state index in [-0.39, 0.29) is 17.4 Å². The van der Waals surface area contributed by atoms with Crippen LogP contribution in [0, 0.1) is 5.92 Å². The molecule has 0 saturated heterocycles. The number of hydrogen-bond donors (Lipinski definition) is 1. The van der Waals surface area contributed by atoms with Crippen LogP contribution in [0.15, 0.2) is 54.6 Å². The van der Waals surface area contributed by atoms with Crippen molar-refractivity contribution in [1.82, 2.24) is 4.90 Å². The zero-order chi connectivity index (χ0) is 20.6. The predicted octanol–water partition coefficient (Wildman–Crippen LogP) is 4.24. The van der Waals surface area contributed by atoms with E-state index < -0.39 is 0 Å². The van der Waals surface area contributed by atoms with Crippen LogP contribution in [0.3, 0.4) is 0 Å². The van der Waals surface area contributed by atoms with Gasteiger partial charge in [-0.3, -0.25) is 4.90 Å². The minimum atomic E-state index is -0.110. The lowest BCUT2D eigenvalue weighted by atomic mass is 9.82. The van der Waals surface area contributed by atoms with Gasteiger partial charge in [-0.05, 0) is 69.5 Å². The van der Waals surface area contributed by atoms with Gasteiger partial charge in [-0.15, -0.1) is 0 Å². The average Bonchev–Trinajstić information content (AvgIpc) is 2.72. The van der Waals surface area contributed by atoms with Crippen molar-refractivity contribution in [1.29, 1.82) is 0 Å². The number of benzene rings is 2. The standard InChI is InChI=1S/C24H34N2O2/c1-24(2,26(3)17-19-10-12-23(28-4)13-11-19)15-20(18-27)14-22(16-25)21-8-6-5-7-9-21/h5-13,18,20,22H,14-17,25H2,1-4H3. The molecule has 0 saturated carbocycles. The quantitative estimate of drug-likeness (QED) is 0.591. The molecule has 0 heterocycles. The van der Waals surface area contributed by atoms with Gasteiger partial charge in [-0.2, -0.15) is 0 Å². The Morgan fingerprint density at radius 1 is 1.11 bits per heavy atom. The Morgan fingerprint density at radius 2 is 1.75 bits per heavy atom. The summed E-state index contributed by atoms with van der Waals surface area (Å²) >= 11 is 0. The van der Waals surface area contributed by atoms with Gasteiger partial charge in [0.2, 0.25) is 0 Å². The maximum atomic E-state index is 11.8. The third-order valence-corrected chi connectivity index (χ3v) is 5.71. The summed E-state index contributed by atoms with van der Waals surface area (Å²) in [4.78, 5) is 14.2. The number of nitrogens with two attached hydrogens (primary N) is 1. The number of carbonyl (C=O) groups is 1. The van der Waals surface area contributed by atoms with Crippen LogP contribution in [0.25, 0.3) is 0 Å². The van der Waals surface area contributed by atoms with E-state index in [4.69, 9.17) is 10.5 Å².